The van der Waals surface area contributed by atoms with Crippen molar-refractivity contribution in [3.05, 3.63) is 54.6 Å². The molecule has 1 aromatic carbocycles. The Morgan fingerprint density at radius 2 is 1.79 bits per heavy atom. The number of imidazole rings is 1. The Morgan fingerprint density at radius 1 is 1.07 bits per heavy atom. The molecule has 0 amide bonds. The highest BCUT2D eigenvalue weighted by molar-refractivity contribution is 6.42. The number of hydrogen-bond donors (Lipinski definition) is 0. The second-order valence-corrected chi connectivity index (χ2v) is 7.54. The molecule has 3 aromatic rings. The summed E-state index contributed by atoms with van der Waals surface area (Å²) in [6.45, 7) is 2.82. The first-order chi connectivity index (χ1) is 13.4. The molecule has 2 aromatic heterocycles. The van der Waals surface area contributed by atoms with E-state index in [9.17, 15) is 9.59 Å². The molecule has 0 aliphatic carbocycles. The van der Waals surface area contributed by atoms with Crippen molar-refractivity contribution in [2.45, 2.75) is 6.54 Å². The van der Waals surface area contributed by atoms with E-state index in [0.717, 1.165) is 10.1 Å². The van der Waals surface area contributed by atoms with Crippen molar-refractivity contribution in [3.63, 3.8) is 0 Å². The number of aryl methyl sites for hydroxylation is 1. The minimum absolute atomic E-state index is 0.356. The fourth-order valence-corrected chi connectivity index (χ4v) is 3.73. The third kappa shape index (κ3) is 3.11. The summed E-state index contributed by atoms with van der Waals surface area (Å²) < 4.78 is 9.76. The molecule has 0 spiro atoms. The van der Waals surface area contributed by atoms with Gasteiger partial charge in [-0.1, -0.05) is 29.3 Å². The third-order valence-corrected chi connectivity index (χ3v) is 5.69. The quantitative estimate of drug-likeness (QED) is 0.639. The zero-order valence-electron chi connectivity index (χ0n) is 15.5. The number of aromatic nitrogens is 4. The molecule has 1 aliphatic rings. The maximum absolute atomic E-state index is 12.9. The van der Waals surface area contributed by atoms with E-state index in [1.54, 1.807) is 19.2 Å². The Hall–Kier alpha value is -2.29. The van der Waals surface area contributed by atoms with Gasteiger partial charge in [-0.25, -0.2) is 4.79 Å². The Morgan fingerprint density at radius 3 is 2.46 bits per heavy atom. The van der Waals surface area contributed by atoms with Gasteiger partial charge in [-0.2, -0.15) is 4.98 Å². The molecule has 0 radical (unpaired) electrons. The zero-order valence-corrected chi connectivity index (χ0v) is 17.0. The number of benzene rings is 1. The summed E-state index contributed by atoms with van der Waals surface area (Å²) in [5.41, 5.74) is 0.807. The van der Waals surface area contributed by atoms with Gasteiger partial charge in [0.1, 0.15) is 0 Å². The normalized spacial score (nSPS) is 14.8. The van der Waals surface area contributed by atoms with Gasteiger partial charge in [0.05, 0.1) is 29.8 Å². The summed E-state index contributed by atoms with van der Waals surface area (Å²) in [7, 11) is 3.08. The van der Waals surface area contributed by atoms with Gasteiger partial charge in [-0.3, -0.25) is 18.5 Å². The lowest BCUT2D eigenvalue weighted by Crippen LogP contribution is -2.38. The SMILES string of the molecule is Cn1c(=O)c2c(nc(N3CCOCC3)n2Cc2ccc(Cl)c(Cl)c2)n(C)c1=O. The maximum atomic E-state index is 12.9. The molecule has 4 rings (SSSR count). The topological polar surface area (TPSA) is 74.3 Å². The lowest BCUT2D eigenvalue weighted by Gasteiger charge is -2.28. The van der Waals surface area contributed by atoms with Crippen LogP contribution in [0.1, 0.15) is 5.56 Å². The first-order valence-electron chi connectivity index (χ1n) is 8.81. The highest BCUT2D eigenvalue weighted by Crippen LogP contribution is 2.26. The Balaban J connectivity index is 1.96. The molecule has 0 saturated carbocycles. The standard InChI is InChI=1S/C18H19Cl2N5O3/c1-22-15-14(16(26)23(2)18(22)27)25(10-11-3-4-12(19)13(20)9-11)17(21-15)24-5-7-28-8-6-24/h3-4,9H,5-8,10H2,1-2H3. The highest BCUT2D eigenvalue weighted by atomic mass is 35.5. The lowest BCUT2D eigenvalue weighted by molar-refractivity contribution is 0.121. The largest absolute Gasteiger partial charge is 0.378 e. The summed E-state index contributed by atoms with van der Waals surface area (Å²) in [6, 6.07) is 5.35. The molecule has 1 saturated heterocycles. The van der Waals surface area contributed by atoms with Gasteiger partial charge in [0.25, 0.3) is 5.56 Å². The van der Waals surface area contributed by atoms with Gasteiger partial charge in [-0.05, 0) is 17.7 Å². The van der Waals surface area contributed by atoms with Crippen LogP contribution in [-0.4, -0.2) is 45.0 Å². The van der Waals surface area contributed by atoms with Gasteiger partial charge < -0.3 is 9.64 Å². The number of fused-ring (bicyclic) bond motifs is 1. The highest BCUT2D eigenvalue weighted by Gasteiger charge is 2.24. The fourth-order valence-electron chi connectivity index (χ4n) is 3.41. The second-order valence-electron chi connectivity index (χ2n) is 6.72. The van der Waals surface area contributed by atoms with E-state index < -0.39 is 5.69 Å². The number of morpholine rings is 1. The van der Waals surface area contributed by atoms with Gasteiger partial charge in [0.15, 0.2) is 11.2 Å². The first-order valence-corrected chi connectivity index (χ1v) is 9.57. The van der Waals surface area contributed by atoms with Crippen LogP contribution in [0.15, 0.2) is 27.8 Å². The van der Waals surface area contributed by atoms with E-state index in [0.29, 0.717) is 60.0 Å². The zero-order chi connectivity index (χ0) is 20.0. The monoisotopic (exact) mass is 423 g/mol. The van der Waals surface area contributed by atoms with Crippen LogP contribution >= 0.6 is 23.2 Å². The van der Waals surface area contributed by atoms with E-state index in [2.05, 4.69) is 9.88 Å². The van der Waals surface area contributed by atoms with E-state index in [4.69, 9.17) is 27.9 Å². The van der Waals surface area contributed by atoms with Crippen LogP contribution in [0.3, 0.4) is 0 Å². The summed E-state index contributed by atoms with van der Waals surface area (Å²) in [5.74, 6) is 0.627. The molecule has 8 nitrogen and oxygen atoms in total. The minimum atomic E-state index is -0.412. The summed E-state index contributed by atoms with van der Waals surface area (Å²) >= 11 is 12.2. The van der Waals surface area contributed by atoms with Gasteiger partial charge in [0.2, 0.25) is 5.95 Å². The van der Waals surface area contributed by atoms with Crippen LogP contribution in [0.5, 0.6) is 0 Å². The average Bonchev–Trinajstić information content (AvgIpc) is 3.07. The van der Waals surface area contributed by atoms with Crippen LogP contribution in [-0.2, 0) is 25.4 Å². The molecule has 28 heavy (non-hydrogen) atoms. The molecule has 3 heterocycles. The fraction of sp³-hybridized carbons (Fsp3) is 0.389. The molecule has 0 atom stereocenters. The van der Waals surface area contributed by atoms with E-state index in [-0.39, 0.29) is 5.56 Å². The van der Waals surface area contributed by atoms with Crippen molar-refractivity contribution in [3.8, 4) is 0 Å². The Kier molecular flexibility index (Phi) is 4.95. The number of ether oxygens (including phenoxy) is 1. The van der Waals surface area contributed by atoms with E-state index in [1.807, 2.05) is 10.6 Å². The molecule has 0 bridgehead atoms. The van der Waals surface area contributed by atoms with Crippen LogP contribution in [0.2, 0.25) is 10.0 Å². The number of nitrogens with zero attached hydrogens (tertiary/aromatic N) is 5. The predicted molar refractivity (Wildman–Crippen MR) is 109 cm³/mol. The Bertz CT molecular complexity index is 1170. The van der Waals surface area contributed by atoms with Crippen LogP contribution in [0.4, 0.5) is 5.95 Å². The van der Waals surface area contributed by atoms with Crippen molar-refractivity contribution in [1.82, 2.24) is 18.7 Å². The molecule has 0 unspecified atom stereocenters. The van der Waals surface area contributed by atoms with Crippen molar-refractivity contribution >= 4 is 40.3 Å². The van der Waals surface area contributed by atoms with Gasteiger partial charge >= 0.3 is 5.69 Å². The molecule has 148 valence electrons. The van der Waals surface area contributed by atoms with Gasteiger partial charge in [-0.15, -0.1) is 0 Å². The summed E-state index contributed by atoms with van der Waals surface area (Å²) in [5, 5.41) is 0.907. The Labute approximate surface area is 170 Å². The number of hydrogen-bond acceptors (Lipinski definition) is 5. The van der Waals surface area contributed by atoms with E-state index in [1.165, 1.54) is 11.6 Å². The molecular formula is C18H19Cl2N5O3. The molecule has 10 heteroatoms. The smallest absolute Gasteiger partial charge is 0.332 e. The molecule has 0 N–H and O–H groups in total. The molecule has 1 fully saturated rings. The third-order valence-electron chi connectivity index (χ3n) is 4.95. The van der Waals surface area contributed by atoms with Crippen molar-refractivity contribution < 1.29 is 4.74 Å². The number of anilines is 1. The summed E-state index contributed by atoms with van der Waals surface area (Å²) in [6.07, 6.45) is 0. The first kappa shape index (κ1) is 19.0. The van der Waals surface area contributed by atoms with Crippen LogP contribution in [0, 0.1) is 0 Å². The van der Waals surface area contributed by atoms with Crippen molar-refractivity contribution in [2.24, 2.45) is 14.1 Å². The summed E-state index contributed by atoms with van der Waals surface area (Å²) in [4.78, 5) is 32.0. The number of halogens is 2. The van der Waals surface area contributed by atoms with Gasteiger partial charge in [0, 0.05) is 27.2 Å². The lowest BCUT2D eigenvalue weighted by atomic mass is 10.2. The number of rotatable bonds is 3. The van der Waals surface area contributed by atoms with Crippen LogP contribution in [0.25, 0.3) is 11.2 Å². The minimum Gasteiger partial charge on any atom is -0.378 e. The predicted octanol–water partition coefficient (Wildman–Crippen LogP) is 1.63. The van der Waals surface area contributed by atoms with E-state index >= 15 is 0 Å². The molecular weight excluding hydrogens is 405 g/mol. The van der Waals surface area contributed by atoms with Crippen molar-refractivity contribution in [1.29, 1.82) is 0 Å². The van der Waals surface area contributed by atoms with Crippen molar-refractivity contribution in [2.75, 3.05) is 31.2 Å². The van der Waals surface area contributed by atoms with Crippen LogP contribution < -0.4 is 16.1 Å². The molecule has 1 aliphatic heterocycles. The maximum Gasteiger partial charge on any atom is 0.332 e. The average molecular weight is 424 g/mol. The second kappa shape index (κ2) is 7.27.